The van der Waals surface area contributed by atoms with Gasteiger partial charge in [0.15, 0.2) is 23.2 Å². The molecule has 2 aromatic heterocycles. The zero-order valence-corrected chi connectivity index (χ0v) is 29.6. The minimum atomic E-state index is -0.0726. The van der Waals surface area contributed by atoms with Crippen LogP contribution >= 0.6 is 0 Å². The molecule has 0 aliphatic heterocycles. The minimum Gasteiger partial charge on any atom is -0.308 e. The summed E-state index contributed by atoms with van der Waals surface area (Å²) in [7, 11) is 1.98. The monoisotopic (exact) mass is 698 g/mol. The number of hydrogen-bond acceptors (Lipinski definition) is 6. The van der Waals surface area contributed by atoms with Crippen LogP contribution in [0.1, 0.15) is 11.1 Å². The van der Waals surface area contributed by atoms with Crippen molar-refractivity contribution in [1.82, 2.24) is 25.3 Å². The Morgan fingerprint density at radius 3 is 1.59 bits per heavy atom. The van der Waals surface area contributed by atoms with Crippen molar-refractivity contribution in [3.63, 3.8) is 0 Å². The molecule has 0 fully saturated rings. The van der Waals surface area contributed by atoms with E-state index in [9.17, 15) is 0 Å². The van der Waals surface area contributed by atoms with Crippen LogP contribution in [0.25, 0.3) is 73.5 Å². The van der Waals surface area contributed by atoms with Crippen LogP contribution in [0.5, 0.6) is 0 Å². The zero-order chi connectivity index (χ0) is 36.3. The fourth-order valence-electron chi connectivity index (χ4n) is 6.96. The van der Waals surface area contributed by atoms with Gasteiger partial charge in [-0.1, -0.05) is 157 Å². The molecule has 1 atom stereocenters. The molecule has 1 unspecified atom stereocenters. The molecule has 9 rings (SSSR count). The Hall–Kier alpha value is -6.93. The third-order valence-corrected chi connectivity index (χ3v) is 9.72. The molecule has 7 heteroatoms. The molecule has 0 amide bonds. The SMILES string of the molecule is CNC1C=Cc2c(-c3ccccc3)nc3ccc(-c4ccc(-c5nc(-c6ccccc6)nc(-c6ccccc6)n5)cc4)cc3c2C1=N[NH2+]c1ccccc1. The van der Waals surface area contributed by atoms with E-state index in [0.717, 1.165) is 72.5 Å². The first-order valence-corrected chi connectivity index (χ1v) is 18.0. The molecule has 2 heterocycles. The number of fused-ring (bicyclic) bond motifs is 3. The van der Waals surface area contributed by atoms with Gasteiger partial charge in [-0.25, -0.2) is 19.9 Å². The van der Waals surface area contributed by atoms with Gasteiger partial charge >= 0.3 is 0 Å². The van der Waals surface area contributed by atoms with Crippen molar-refractivity contribution in [3.8, 4) is 56.5 Å². The van der Waals surface area contributed by atoms with Crippen molar-refractivity contribution < 1.29 is 5.43 Å². The molecule has 54 heavy (non-hydrogen) atoms. The van der Waals surface area contributed by atoms with Gasteiger partial charge in [-0.3, -0.25) is 0 Å². The van der Waals surface area contributed by atoms with Gasteiger partial charge in [0.05, 0.1) is 17.3 Å². The van der Waals surface area contributed by atoms with Crippen LogP contribution in [0.2, 0.25) is 0 Å². The molecule has 1 aliphatic rings. The number of aromatic nitrogens is 4. The highest BCUT2D eigenvalue weighted by Crippen LogP contribution is 2.37. The summed E-state index contributed by atoms with van der Waals surface area (Å²) in [4.78, 5) is 20.0. The van der Waals surface area contributed by atoms with Gasteiger partial charge in [-0.2, -0.15) is 5.43 Å². The van der Waals surface area contributed by atoms with Crippen LogP contribution < -0.4 is 10.7 Å². The summed E-state index contributed by atoms with van der Waals surface area (Å²) in [6, 6.07) is 55.6. The number of likely N-dealkylation sites (N-methyl/N-ethyl adjacent to an activating group) is 1. The molecular formula is C47H36N7+. The van der Waals surface area contributed by atoms with E-state index in [1.165, 1.54) is 0 Å². The van der Waals surface area contributed by atoms with E-state index >= 15 is 0 Å². The largest absolute Gasteiger partial charge is 0.308 e. The Labute approximate surface area is 313 Å². The highest BCUT2D eigenvalue weighted by molar-refractivity contribution is 6.19. The van der Waals surface area contributed by atoms with Crippen molar-refractivity contribution in [2.45, 2.75) is 6.04 Å². The molecule has 8 aromatic rings. The van der Waals surface area contributed by atoms with E-state index < -0.39 is 0 Å². The van der Waals surface area contributed by atoms with Crippen molar-refractivity contribution in [2.75, 3.05) is 7.05 Å². The average molecular weight is 699 g/mol. The Balaban J connectivity index is 1.15. The van der Waals surface area contributed by atoms with Crippen molar-refractivity contribution in [1.29, 1.82) is 0 Å². The Morgan fingerprint density at radius 1 is 0.519 bits per heavy atom. The van der Waals surface area contributed by atoms with Gasteiger partial charge in [0, 0.05) is 50.9 Å². The molecule has 3 N–H and O–H groups in total. The van der Waals surface area contributed by atoms with Gasteiger partial charge in [0.25, 0.3) is 0 Å². The number of hydrogen-bond donors (Lipinski definition) is 2. The minimum absolute atomic E-state index is 0.0726. The molecule has 1 aliphatic carbocycles. The van der Waals surface area contributed by atoms with Gasteiger partial charge in [-0.05, 0) is 30.3 Å². The molecular weight excluding hydrogens is 663 g/mol. The number of nitrogens with two attached hydrogens (primary N) is 1. The first-order chi connectivity index (χ1) is 26.7. The normalized spacial score (nSPS) is 14.3. The van der Waals surface area contributed by atoms with E-state index in [4.69, 9.17) is 25.0 Å². The molecule has 6 aromatic carbocycles. The number of rotatable bonds is 8. The molecule has 0 saturated carbocycles. The molecule has 0 saturated heterocycles. The van der Waals surface area contributed by atoms with Crippen molar-refractivity contribution >= 4 is 28.4 Å². The van der Waals surface area contributed by atoms with Crippen molar-refractivity contribution in [2.24, 2.45) is 5.10 Å². The van der Waals surface area contributed by atoms with Gasteiger partial charge < -0.3 is 5.32 Å². The predicted octanol–water partition coefficient (Wildman–Crippen LogP) is 8.97. The molecule has 0 radical (unpaired) electrons. The Bertz CT molecular complexity index is 2580. The van der Waals surface area contributed by atoms with E-state index in [0.29, 0.717) is 17.5 Å². The van der Waals surface area contributed by atoms with Crippen LogP contribution in [0.15, 0.2) is 175 Å². The van der Waals surface area contributed by atoms with Gasteiger partial charge in [-0.15, -0.1) is 0 Å². The highest BCUT2D eigenvalue weighted by atomic mass is 15.3. The summed E-state index contributed by atoms with van der Waals surface area (Å²) in [5, 5.41) is 9.70. The fourth-order valence-corrected chi connectivity index (χ4v) is 6.96. The maximum Gasteiger partial charge on any atom is 0.164 e. The standard InChI is InChI=1S/C47H35N7/c1-48-41-29-27-38-42(44(41)54-53-37-20-12-5-13-21-37)39-30-36(26-28-40(39)49-43(38)32-14-6-2-7-15-32)31-22-24-35(25-23-31)47-51-45(33-16-8-3-9-17-33)50-46(52-47)34-18-10-4-11-19-34/h2-30,41,48,53H,1H3/p+1. The molecule has 7 nitrogen and oxygen atoms in total. The summed E-state index contributed by atoms with van der Waals surface area (Å²) < 4.78 is 0. The maximum atomic E-state index is 5.26. The van der Waals surface area contributed by atoms with Crippen LogP contribution in [-0.4, -0.2) is 38.7 Å². The molecule has 0 spiro atoms. The van der Waals surface area contributed by atoms with Gasteiger partial charge in [0.1, 0.15) is 5.71 Å². The second-order valence-corrected chi connectivity index (χ2v) is 13.1. The fraction of sp³-hybridized carbons (Fsp3) is 0.0426. The van der Waals surface area contributed by atoms with Crippen LogP contribution in [0.3, 0.4) is 0 Å². The van der Waals surface area contributed by atoms with E-state index in [1.54, 1.807) is 0 Å². The van der Waals surface area contributed by atoms with Crippen LogP contribution in [0, 0.1) is 0 Å². The summed E-state index contributed by atoms with van der Waals surface area (Å²) in [6.45, 7) is 0. The molecule has 258 valence electrons. The van der Waals surface area contributed by atoms with Crippen LogP contribution in [-0.2, 0) is 0 Å². The van der Waals surface area contributed by atoms with Gasteiger partial charge in [0.2, 0.25) is 0 Å². The smallest absolute Gasteiger partial charge is 0.164 e. The van der Waals surface area contributed by atoms with E-state index in [1.807, 2.05) is 97.4 Å². The average Bonchev–Trinajstić information content (AvgIpc) is 3.26. The summed E-state index contributed by atoms with van der Waals surface area (Å²) >= 11 is 0. The summed E-state index contributed by atoms with van der Waals surface area (Å²) in [5.41, 5.74) is 14.0. The van der Waals surface area contributed by atoms with E-state index in [2.05, 4.69) is 96.3 Å². The number of pyridine rings is 1. The molecule has 0 bridgehead atoms. The number of nitrogens with zero attached hydrogens (tertiary/aromatic N) is 5. The van der Waals surface area contributed by atoms with Crippen molar-refractivity contribution in [3.05, 3.63) is 181 Å². The third kappa shape index (κ3) is 6.50. The highest BCUT2D eigenvalue weighted by Gasteiger charge is 2.28. The van der Waals surface area contributed by atoms with E-state index in [-0.39, 0.29) is 6.04 Å². The second kappa shape index (κ2) is 14.6. The van der Waals surface area contributed by atoms with Crippen LogP contribution in [0.4, 0.5) is 5.69 Å². The lowest BCUT2D eigenvalue weighted by molar-refractivity contribution is -0.577. The number of nitrogens with one attached hydrogen (secondary N) is 1. The quantitative estimate of drug-likeness (QED) is 0.0939. The Kier molecular flexibility index (Phi) is 8.90. The second-order valence-electron chi connectivity index (χ2n) is 13.1. The lowest BCUT2D eigenvalue weighted by Crippen LogP contribution is -2.72. The first kappa shape index (κ1) is 32.9. The lowest BCUT2D eigenvalue weighted by atomic mass is 9.86. The topological polar surface area (TPSA) is 92.6 Å². The number of quaternary nitrogens is 1. The lowest BCUT2D eigenvalue weighted by Gasteiger charge is -2.24. The zero-order valence-electron chi connectivity index (χ0n) is 29.6. The predicted molar refractivity (Wildman–Crippen MR) is 219 cm³/mol. The Morgan fingerprint density at radius 2 is 1.02 bits per heavy atom. The summed E-state index contributed by atoms with van der Waals surface area (Å²) in [5.74, 6) is 1.90. The first-order valence-electron chi connectivity index (χ1n) is 18.0. The third-order valence-electron chi connectivity index (χ3n) is 9.72. The summed E-state index contributed by atoms with van der Waals surface area (Å²) in [6.07, 6.45) is 4.37. The maximum absolute atomic E-state index is 5.26. The number of benzene rings is 6.